The lowest BCUT2D eigenvalue weighted by molar-refractivity contribution is -0.128. The number of methoxy groups -OCH3 is 1. The number of rotatable bonds is 7. The molecule has 1 atom stereocenters. The third kappa shape index (κ3) is 4.23. The highest BCUT2D eigenvalue weighted by molar-refractivity contribution is 5.79. The highest BCUT2D eigenvalue weighted by Gasteiger charge is 2.33. The van der Waals surface area contributed by atoms with Crippen LogP contribution < -0.4 is 9.47 Å². The Hall–Kier alpha value is -3.35. The predicted molar refractivity (Wildman–Crippen MR) is 107 cm³/mol. The molecular weight excluding hydrogens is 370 g/mol. The highest BCUT2D eigenvalue weighted by Crippen LogP contribution is 2.30. The second-order valence-electron chi connectivity index (χ2n) is 6.94. The summed E-state index contributed by atoms with van der Waals surface area (Å²) in [6.45, 7) is 3.67. The third-order valence-electron chi connectivity index (χ3n) is 4.94. The Labute approximate surface area is 169 Å². The summed E-state index contributed by atoms with van der Waals surface area (Å²) in [5.41, 5.74) is 1.86. The molecule has 2 aromatic carbocycles. The van der Waals surface area contributed by atoms with Gasteiger partial charge in [0, 0.05) is 31.0 Å². The Morgan fingerprint density at radius 2 is 2.00 bits per heavy atom. The van der Waals surface area contributed by atoms with Crippen molar-refractivity contribution in [3.8, 4) is 23.0 Å². The predicted octanol–water partition coefficient (Wildman–Crippen LogP) is 3.66. The van der Waals surface area contributed by atoms with E-state index in [1.165, 1.54) is 0 Å². The number of benzene rings is 2. The van der Waals surface area contributed by atoms with Gasteiger partial charge in [0.25, 0.3) is 5.89 Å². The van der Waals surface area contributed by atoms with Crippen molar-refractivity contribution in [2.45, 2.75) is 25.8 Å². The number of nitrogens with zero attached hydrogens (tertiary/aromatic N) is 3. The lowest BCUT2D eigenvalue weighted by atomic mass is 10.1. The van der Waals surface area contributed by atoms with Crippen LogP contribution >= 0.6 is 0 Å². The van der Waals surface area contributed by atoms with E-state index in [1.807, 2.05) is 60.4 Å². The van der Waals surface area contributed by atoms with Gasteiger partial charge in [-0.2, -0.15) is 4.98 Å². The molecule has 1 aromatic heterocycles. The van der Waals surface area contributed by atoms with E-state index in [0.717, 1.165) is 22.6 Å². The zero-order chi connectivity index (χ0) is 20.2. The smallest absolute Gasteiger partial charge is 0.257 e. The normalized spacial score (nSPS) is 16.3. The summed E-state index contributed by atoms with van der Waals surface area (Å²) in [7, 11) is 1.62. The van der Waals surface area contributed by atoms with Crippen molar-refractivity contribution in [3.05, 3.63) is 59.9 Å². The number of carbonyl (C=O) groups excluding carboxylic acids is 1. The van der Waals surface area contributed by atoms with Crippen LogP contribution in [0.2, 0.25) is 0 Å². The molecule has 1 amide bonds. The van der Waals surface area contributed by atoms with E-state index in [4.69, 9.17) is 14.0 Å². The Balaban J connectivity index is 1.44. The summed E-state index contributed by atoms with van der Waals surface area (Å²) in [5, 5.41) is 4.12. The average molecular weight is 393 g/mol. The molecule has 1 unspecified atom stereocenters. The first-order valence-corrected chi connectivity index (χ1v) is 9.63. The Kier molecular flexibility index (Phi) is 5.46. The van der Waals surface area contributed by atoms with Crippen LogP contribution in [0.4, 0.5) is 0 Å². The first-order valence-electron chi connectivity index (χ1n) is 9.63. The minimum Gasteiger partial charge on any atom is -0.497 e. The van der Waals surface area contributed by atoms with Crippen LogP contribution in [0.5, 0.6) is 11.5 Å². The molecule has 0 bridgehead atoms. The van der Waals surface area contributed by atoms with Crippen LogP contribution in [0, 0.1) is 0 Å². The van der Waals surface area contributed by atoms with E-state index >= 15 is 0 Å². The standard InChI is InChI=1S/C22H23N3O4/c1-3-28-19-6-4-5-15(11-19)13-25-14-17(12-20(25)26)21-23-22(29-24-21)16-7-9-18(27-2)10-8-16/h4-11,17H,3,12-14H2,1-2H3. The molecule has 150 valence electrons. The number of likely N-dealkylation sites (tertiary alicyclic amines) is 1. The minimum atomic E-state index is -0.0756. The fraction of sp³-hybridized carbons (Fsp3) is 0.318. The van der Waals surface area contributed by atoms with Crippen LogP contribution in [0.25, 0.3) is 11.5 Å². The summed E-state index contributed by atoms with van der Waals surface area (Å²) in [5.74, 6) is 2.60. The SMILES string of the molecule is CCOc1cccc(CN2CC(c3noc(-c4ccc(OC)cc4)n3)CC2=O)c1. The maximum Gasteiger partial charge on any atom is 0.257 e. The Bertz CT molecular complexity index is 984. The van der Waals surface area contributed by atoms with Crippen molar-refractivity contribution in [1.29, 1.82) is 0 Å². The van der Waals surface area contributed by atoms with Gasteiger partial charge in [-0.1, -0.05) is 17.3 Å². The second-order valence-corrected chi connectivity index (χ2v) is 6.94. The van der Waals surface area contributed by atoms with E-state index in [1.54, 1.807) is 7.11 Å². The number of carbonyl (C=O) groups is 1. The quantitative estimate of drug-likeness (QED) is 0.610. The van der Waals surface area contributed by atoms with Gasteiger partial charge in [0.1, 0.15) is 11.5 Å². The lowest BCUT2D eigenvalue weighted by Crippen LogP contribution is -2.24. The Morgan fingerprint density at radius 3 is 2.76 bits per heavy atom. The van der Waals surface area contributed by atoms with Gasteiger partial charge in [0.15, 0.2) is 5.82 Å². The average Bonchev–Trinajstić information content (AvgIpc) is 3.36. The second kappa shape index (κ2) is 8.34. The van der Waals surface area contributed by atoms with Gasteiger partial charge in [0.05, 0.1) is 13.7 Å². The first kappa shape index (κ1) is 19.0. The zero-order valence-corrected chi connectivity index (χ0v) is 16.5. The van der Waals surface area contributed by atoms with Crippen molar-refractivity contribution in [1.82, 2.24) is 15.0 Å². The molecule has 1 fully saturated rings. The maximum absolute atomic E-state index is 12.5. The molecule has 0 radical (unpaired) electrons. The van der Waals surface area contributed by atoms with Crippen molar-refractivity contribution in [2.75, 3.05) is 20.3 Å². The molecule has 1 saturated heterocycles. The van der Waals surface area contributed by atoms with Gasteiger partial charge in [-0.05, 0) is 48.9 Å². The first-order chi connectivity index (χ1) is 14.2. The van der Waals surface area contributed by atoms with Gasteiger partial charge >= 0.3 is 0 Å². The molecule has 0 N–H and O–H groups in total. The molecule has 3 aromatic rings. The molecule has 29 heavy (non-hydrogen) atoms. The minimum absolute atomic E-state index is 0.0756. The van der Waals surface area contributed by atoms with Gasteiger partial charge in [-0.15, -0.1) is 0 Å². The van der Waals surface area contributed by atoms with Gasteiger partial charge in [0.2, 0.25) is 5.91 Å². The number of hydrogen-bond acceptors (Lipinski definition) is 6. The summed E-state index contributed by atoms with van der Waals surface area (Å²) in [6.07, 6.45) is 0.382. The van der Waals surface area contributed by atoms with Crippen LogP contribution in [-0.4, -0.2) is 41.2 Å². The van der Waals surface area contributed by atoms with E-state index in [2.05, 4.69) is 10.1 Å². The molecule has 0 saturated carbocycles. The number of amides is 1. The number of hydrogen-bond donors (Lipinski definition) is 0. The monoisotopic (exact) mass is 393 g/mol. The van der Waals surface area contributed by atoms with Gasteiger partial charge < -0.3 is 18.9 Å². The number of ether oxygens (including phenoxy) is 2. The van der Waals surface area contributed by atoms with Gasteiger partial charge in [-0.3, -0.25) is 4.79 Å². The largest absolute Gasteiger partial charge is 0.497 e. The Morgan fingerprint density at radius 1 is 1.17 bits per heavy atom. The fourth-order valence-electron chi connectivity index (χ4n) is 3.47. The van der Waals surface area contributed by atoms with Crippen molar-refractivity contribution >= 4 is 5.91 Å². The molecule has 1 aliphatic heterocycles. The maximum atomic E-state index is 12.5. The van der Waals surface area contributed by atoms with E-state index in [9.17, 15) is 4.79 Å². The fourth-order valence-corrected chi connectivity index (χ4v) is 3.47. The van der Waals surface area contributed by atoms with Crippen molar-refractivity contribution in [2.24, 2.45) is 0 Å². The molecule has 1 aliphatic rings. The van der Waals surface area contributed by atoms with Crippen LogP contribution in [0.1, 0.15) is 30.7 Å². The topological polar surface area (TPSA) is 77.7 Å². The molecule has 0 aliphatic carbocycles. The molecule has 2 heterocycles. The van der Waals surface area contributed by atoms with Crippen LogP contribution in [0.15, 0.2) is 53.1 Å². The third-order valence-corrected chi connectivity index (χ3v) is 4.94. The molecule has 0 spiro atoms. The van der Waals surface area contributed by atoms with Crippen molar-refractivity contribution in [3.63, 3.8) is 0 Å². The summed E-state index contributed by atoms with van der Waals surface area (Å²) in [4.78, 5) is 18.9. The molecular formula is C22H23N3O4. The van der Waals surface area contributed by atoms with E-state index in [-0.39, 0.29) is 11.8 Å². The van der Waals surface area contributed by atoms with Crippen LogP contribution in [0.3, 0.4) is 0 Å². The zero-order valence-electron chi connectivity index (χ0n) is 16.5. The van der Waals surface area contributed by atoms with E-state index in [0.29, 0.717) is 37.8 Å². The van der Waals surface area contributed by atoms with E-state index < -0.39 is 0 Å². The molecule has 7 nitrogen and oxygen atoms in total. The van der Waals surface area contributed by atoms with Crippen LogP contribution in [-0.2, 0) is 11.3 Å². The molecule has 7 heteroatoms. The summed E-state index contributed by atoms with van der Waals surface area (Å²) >= 11 is 0. The summed E-state index contributed by atoms with van der Waals surface area (Å²) in [6, 6.07) is 15.3. The van der Waals surface area contributed by atoms with Gasteiger partial charge in [-0.25, -0.2) is 0 Å². The number of aromatic nitrogens is 2. The molecule has 4 rings (SSSR count). The lowest BCUT2D eigenvalue weighted by Gasteiger charge is -2.16. The van der Waals surface area contributed by atoms with Crippen molar-refractivity contribution < 1.29 is 18.8 Å². The summed E-state index contributed by atoms with van der Waals surface area (Å²) < 4.78 is 16.1. The highest BCUT2D eigenvalue weighted by atomic mass is 16.5.